The number of alkyl halides is 3. The maximum Gasteiger partial charge on any atom is 0.401 e. The first-order valence-electron chi connectivity index (χ1n) is 3.25. The van der Waals surface area contributed by atoms with Crippen LogP contribution >= 0.6 is 0 Å². The zero-order chi connectivity index (χ0) is 9.03. The van der Waals surface area contributed by atoms with Gasteiger partial charge in [-0.1, -0.05) is 5.16 Å². The number of halogens is 3. The third-order valence-electron chi connectivity index (χ3n) is 1.12. The molecule has 0 radical (unpaired) electrons. The highest BCUT2D eigenvalue weighted by atomic mass is 19.4. The van der Waals surface area contributed by atoms with Gasteiger partial charge in [0.1, 0.15) is 6.26 Å². The van der Waals surface area contributed by atoms with Gasteiger partial charge >= 0.3 is 6.18 Å². The van der Waals surface area contributed by atoms with Gasteiger partial charge in [0.05, 0.1) is 12.2 Å². The summed E-state index contributed by atoms with van der Waals surface area (Å²) >= 11 is 0. The van der Waals surface area contributed by atoms with E-state index in [-0.39, 0.29) is 6.54 Å². The molecule has 0 bridgehead atoms. The maximum absolute atomic E-state index is 11.6. The van der Waals surface area contributed by atoms with Crippen molar-refractivity contribution in [3.8, 4) is 0 Å². The van der Waals surface area contributed by atoms with Gasteiger partial charge in [0.2, 0.25) is 0 Å². The molecule has 0 aliphatic rings. The van der Waals surface area contributed by atoms with Crippen LogP contribution in [0.25, 0.3) is 0 Å². The first kappa shape index (κ1) is 9.05. The topological polar surface area (TPSA) is 38.1 Å². The van der Waals surface area contributed by atoms with Gasteiger partial charge < -0.3 is 9.84 Å². The predicted molar refractivity (Wildman–Crippen MR) is 34.3 cm³/mol. The van der Waals surface area contributed by atoms with Crippen molar-refractivity contribution in [1.82, 2.24) is 10.5 Å². The number of hydrogen-bond acceptors (Lipinski definition) is 3. The summed E-state index contributed by atoms with van der Waals surface area (Å²) in [5.41, 5.74) is 0.458. The largest absolute Gasteiger partial charge is 0.401 e. The second-order valence-electron chi connectivity index (χ2n) is 2.21. The molecular formula is C6H7F3N2O. The summed E-state index contributed by atoms with van der Waals surface area (Å²) < 4.78 is 39.2. The van der Waals surface area contributed by atoms with Crippen LogP contribution in [-0.4, -0.2) is 17.9 Å². The van der Waals surface area contributed by atoms with Crippen LogP contribution in [0.1, 0.15) is 5.69 Å². The van der Waals surface area contributed by atoms with Gasteiger partial charge in [-0.2, -0.15) is 13.2 Å². The fourth-order valence-corrected chi connectivity index (χ4v) is 0.661. The molecule has 1 heterocycles. The molecule has 1 aromatic rings. The normalized spacial score (nSPS) is 11.9. The summed E-state index contributed by atoms with van der Waals surface area (Å²) in [4.78, 5) is 0. The lowest BCUT2D eigenvalue weighted by Gasteiger charge is -2.05. The molecule has 12 heavy (non-hydrogen) atoms. The van der Waals surface area contributed by atoms with Gasteiger partial charge in [-0.05, 0) is 0 Å². The fourth-order valence-electron chi connectivity index (χ4n) is 0.661. The summed E-state index contributed by atoms with van der Waals surface area (Å²) in [6, 6.07) is 1.50. The van der Waals surface area contributed by atoms with Crippen LogP contribution in [0.2, 0.25) is 0 Å². The Labute approximate surface area is 66.5 Å². The molecule has 0 aromatic carbocycles. The molecule has 0 saturated heterocycles. The van der Waals surface area contributed by atoms with Crippen molar-refractivity contribution in [3.63, 3.8) is 0 Å². The van der Waals surface area contributed by atoms with Gasteiger partial charge in [0, 0.05) is 12.6 Å². The molecule has 1 N–H and O–H groups in total. The van der Waals surface area contributed by atoms with Crippen molar-refractivity contribution in [1.29, 1.82) is 0 Å². The van der Waals surface area contributed by atoms with E-state index in [1.54, 1.807) is 0 Å². The summed E-state index contributed by atoms with van der Waals surface area (Å²) in [6.45, 7) is -0.949. The van der Waals surface area contributed by atoms with Crippen LogP contribution in [0.15, 0.2) is 16.9 Å². The monoisotopic (exact) mass is 180 g/mol. The Hall–Kier alpha value is -1.04. The maximum atomic E-state index is 11.6. The van der Waals surface area contributed by atoms with E-state index in [0.29, 0.717) is 5.69 Å². The molecule has 0 atom stereocenters. The van der Waals surface area contributed by atoms with E-state index in [1.165, 1.54) is 12.3 Å². The lowest BCUT2D eigenvalue weighted by atomic mass is 10.4. The van der Waals surface area contributed by atoms with Crippen molar-refractivity contribution in [2.45, 2.75) is 12.7 Å². The van der Waals surface area contributed by atoms with Gasteiger partial charge in [0.25, 0.3) is 0 Å². The highest BCUT2D eigenvalue weighted by Crippen LogP contribution is 2.12. The zero-order valence-electron chi connectivity index (χ0n) is 6.06. The zero-order valence-corrected chi connectivity index (χ0v) is 6.06. The molecule has 0 fully saturated rings. The van der Waals surface area contributed by atoms with Gasteiger partial charge in [0.15, 0.2) is 0 Å². The van der Waals surface area contributed by atoms with Crippen molar-refractivity contribution >= 4 is 0 Å². The Morgan fingerprint density at radius 1 is 1.50 bits per heavy atom. The average molecular weight is 180 g/mol. The third-order valence-corrected chi connectivity index (χ3v) is 1.12. The number of rotatable bonds is 3. The van der Waals surface area contributed by atoms with Gasteiger partial charge in [-0.15, -0.1) is 0 Å². The summed E-state index contributed by atoms with van der Waals surface area (Å²) in [7, 11) is 0. The molecule has 0 spiro atoms. The number of nitrogens with one attached hydrogen (secondary N) is 1. The van der Waals surface area contributed by atoms with Crippen LogP contribution in [-0.2, 0) is 6.54 Å². The second-order valence-corrected chi connectivity index (χ2v) is 2.21. The van der Waals surface area contributed by atoms with Crippen molar-refractivity contribution in [3.05, 3.63) is 18.0 Å². The first-order valence-corrected chi connectivity index (χ1v) is 3.25. The smallest absolute Gasteiger partial charge is 0.364 e. The van der Waals surface area contributed by atoms with E-state index in [0.717, 1.165) is 0 Å². The minimum Gasteiger partial charge on any atom is -0.364 e. The molecule has 3 nitrogen and oxygen atoms in total. The van der Waals surface area contributed by atoms with Crippen molar-refractivity contribution in [2.24, 2.45) is 0 Å². The SMILES string of the molecule is FC(F)(F)CNCc1ccon1. The molecule has 1 aromatic heterocycles. The quantitative estimate of drug-likeness (QED) is 0.762. The Kier molecular flexibility index (Phi) is 2.69. The lowest BCUT2D eigenvalue weighted by molar-refractivity contribution is -0.125. The van der Waals surface area contributed by atoms with E-state index in [1.807, 2.05) is 0 Å². The van der Waals surface area contributed by atoms with E-state index < -0.39 is 12.7 Å². The molecule has 6 heteroatoms. The molecule has 0 saturated carbocycles. The summed E-state index contributed by atoms with van der Waals surface area (Å²) in [6.07, 6.45) is -2.87. The van der Waals surface area contributed by atoms with E-state index in [2.05, 4.69) is 15.0 Å². The molecule has 0 aliphatic heterocycles. The van der Waals surface area contributed by atoms with E-state index >= 15 is 0 Å². The number of hydrogen-bond donors (Lipinski definition) is 1. The Morgan fingerprint density at radius 2 is 2.25 bits per heavy atom. The van der Waals surface area contributed by atoms with Crippen LogP contribution in [0.5, 0.6) is 0 Å². The van der Waals surface area contributed by atoms with Crippen molar-refractivity contribution < 1.29 is 17.7 Å². The van der Waals surface area contributed by atoms with Crippen LogP contribution < -0.4 is 5.32 Å². The molecular weight excluding hydrogens is 173 g/mol. The summed E-state index contributed by atoms with van der Waals surface area (Å²) in [5.74, 6) is 0. The second kappa shape index (κ2) is 3.57. The molecule has 1 rings (SSSR count). The van der Waals surface area contributed by atoms with Crippen molar-refractivity contribution in [2.75, 3.05) is 6.54 Å². The number of aromatic nitrogens is 1. The van der Waals surface area contributed by atoms with E-state index in [4.69, 9.17) is 0 Å². The number of nitrogens with zero attached hydrogens (tertiary/aromatic N) is 1. The summed E-state index contributed by atoms with van der Waals surface area (Å²) in [5, 5.41) is 5.61. The average Bonchev–Trinajstić information content (AvgIpc) is 2.36. The third kappa shape index (κ3) is 3.38. The molecule has 0 aliphatic carbocycles. The standard InChI is InChI=1S/C6H7F3N2O/c7-6(8,9)4-10-3-5-1-2-12-11-5/h1-2,10H,3-4H2. The van der Waals surface area contributed by atoms with Crippen LogP contribution in [0.3, 0.4) is 0 Å². The highest BCUT2D eigenvalue weighted by Gasteiger charge is 2.26. The lowest BCUT2D eigenvalue weighted by Crippen LogP contribution is -2.28. The van der Waals surface area contributed by atoms with E-state index in [9.17, 15) is 13.2 Å². The molecule has 0 unspecified atom stereocenters. The first-order chi connectivity index (χ1) is 5.58. The molecule has 68 valence electrons. The Balaban J connectivity index is 2.20. The van der Waals surface area contributed by atoms with Crippen LogP contribution in [0.4, 0.5) is 13.2 Å². The van der Waals surface area contributed by atoms with Crippen LogP contribution in [0, 0.1) is 0 Å². The van der Waals surface area contributed by atoms with Gasteiger partial charge in [-0.25, -0.2) is 0 Å². The fraction of sp³-hybridized carbons (Fsp3) is 0.500. The Bertz CT molecular complexity index is 219. The Morgan fingerprint density at radius 3 is 2.75 bits per heavy atom. The molecule has 0 amide bonds. The highest BCUT2D eigenvalue weighted by molar-refractivity contribution is 4.94. The predicted octanol–water partition coefficient (Wildman–Crippen LogP) is 1.33. The van der Waals surface area contributed by atoms with Gasteiger partial charge in [-0.3, -0.25) is 0 Å². The minimum atomic E-state index is -4.18. The minimum absolute atomic E-state index is 0.0655.